The second-order valence-electron chi connectivity index (χ2n) is 14.0. The molecule has 0 saturated carbocycles. The van der Waals surface area contributed by atoms with E-state index in [1.54, 1.807) is 10.9 Å². The summed E-state index contributed by atoms with van der Waals surface area (Å²) in [7, 11) is 0. The van der Waals surface area contributed by atoms with Crippen LogP contribution in [0.3, 0.4) is 0 Å². The monoisotopic (exact) mass is 731 g/mol. The Bertz CT molecular complexity index is 1790. The Labute approximate surface area is 307 Å². The van der Waals surface area contributed by atoms with Crippen LogP contribution in [0.15, 0.2) is 48.7 Å². The van der Waals surface area contributed by atoms with E-state index in [0.29, 0.717) is 44.5 Å². The van der Waals surface area contributed by atoms with Crippen LogP contribution in [-0.4, -0.2) is 99.2 Å². The van der Waals surface area contributed by atoms with Crippen LogP contribution in [0.5, 0.6) is 0 Å². The summed E-state index contributed by atoms with van der Waals surface area (Å²) in [6, 6.07) is 9.00. The maximum absolute atomic E-state index is 14.2. The van der Waals surface area contributed by atoms with Gasteiger partial charge in [-0.1, -0.05) is 61.5 Å². The van der Waals surface area contributed by atoms with Crippen LogP contribution < -0.4 is 27.0 Å². The number of ether oxygens (including phenoxy) is 1. The summed E-state index contributed by atoms with van der Waals surface area (Å²) in [6.07, 6.45) is 4.37. The Morgan fingerprint density at radius 2 is 1.79 bits per heavy atom. The molecule has 0 spiro atoms. The lowest BCUT2D eigenvalue weighted by atomic mass is 9.97. The molecule has 6 N–H and O–H groups in total. The molecule has 4 atom stereocenters. The largest absolute Gasteiger partial charge is 0.372 e. The van der Waals surface area contributed by atoms with Crippen molar-refractivity contribution >= 4 is 46.2 Å². The molecule has 2 aliphatic rings. The quantitative estimate of drug-likeness (QED) is 0.228. The molecule has 6 amide bonds. The molecule has 53 heavy (non-hydrogen) atoms. The lowest BCUT2D eigenvalue weighted by molar-refractivity contribution is -0.140. The third-order valence-electron chi connectivity index (χ3n) is 9.41. The first kappa shape index (κ1) is 38.8. The summed E-state index contributed by atoms with van der Waals surface area (Å²) in [5.74, 6) is -3.25. The zero-order valence-electron chi connectivity index (χ0n) is 30.2. The van der Waals surface area contributed by atoms with Gasteiger partial charge in [-0.15, -0.1) is 5.10 Å². The highest BCUT2D eigenvalue weighted by Crippen LogP contribution is 2.22. The fourth-order valence-corrected chi connectivity index (χ4v) is 6.67. The summed E-state index contributed by atoms with van der Waals surface area (Å²) < 4.78 is 7.49. The van der Waals surface area contributed by atoms with Crippen LogP contribution in [-0.2, 0) is 53.1 Å². The van der Waals surface area contributed by atoms with Gasteiger partial charge in [-0.3, -0.25) is 33.4 Å². The molecule has 1 saturated heterocycles. The van der Waals surface area contributed by atoms with Crippen LogP contribution in [0.4, 0.5) is 0 Å². The molecule has 2 aliphatic heterocycles. The smallest absolute Gasteiger partial charge is 0.245 e. The number of nitrogens with two attached hydrogens (primary N) is 1. The number of aryl methyl sites for hydroxylation is 1. The van der Waals surface area contributed by atoms with Crippen molar-refractivity contribution in [3.05, 3.63) is 59.9 Å². The molecule has 0 aliphatic carbocycles. The molecular weight excluding hydrogens is 682 g/mol. The molecule has 1 fully saturated rings. The van der Waals surface area contributed by atoms with Crippen molar-refractivity contribution < 1.29 is 33.5 Å². The number of hydrogen-bond acceptors (Lipinski definition) is 9. The van der Waals surface area contributed by atoms with Crippen molar-refractivity contribution in [2.75, 3.05) is 19.7 Å². The highest BCUT2D eigenvalue weighted by atomic mass is 16.5. The van der Waals surface area contributed by atoms with Gasteiger partial charge in [0.15, 0.2) is 0 Å². The number of nitrogens with zero attached hydrogens (tertiary/aromatic N) is 4. The van der Waals surface area contributed by atoms with E-state index in [9.17, 15) is 28.8 Å². The topological polar surface area (TPSA) is 220 Å². The number of carbonyl (C=O) groups excluding carboxylic acids is 6. The first-order chi connectivity index (χ1) is 25.5. The highest BCUT2D eigenvalue weighted by Gasteiger charge is 2.37. The second-order valence-corrected chi connectivity index (χ2v) is 14.0. The molecule has 2 aromatic carbocycles. The lowest BCUT2D eigenvalue weighted by Gasteiger charge is -2.28. The Morgan fingerprint density at radius 1 is 1.00 bits per heavy atom. The molecule has 0 unspecified atom stereocenters. The Kier molecular flexibility index (Phi) is 13.5. The van der Waals surface area contributed by atoms with Gasteiger partial charge in [-0.2, -0.15) is 0 Å². The van der Waals surface area contributed by atoms with Crippen LogP contribution in [0.2, 0.25) is 0 Å². The minimum atomic E-state index is -1.29. The van der Waals surface area contributed by atoms with Crippen molar-refractivity contribution in [2.24, 2.45) is 11.7 Å². The number of amides is 6. The van der Waals surface area contributed by atoms with Gasteiger partial charge >= 0.3 is 0 Å². The zero-order valence-corrected chi connectivity index (χ0v) is 30.2. The number of primary amides is 1. The predicted molar refractivity (Wildman–Crippen MR) is 193 cm³/mol. The summed E-state index contributed by atoms with van der Waals surface area (Å²) in [6.45, 7) is 4.01. The first-order valence-corrected chi connectivity index (χ1v) is 18.2. The van der Waals surface area contributed by atoms with Crippen molar-refractivity contribution in [3.63, 3.8) is 0 Å². The Balaban J connectivity index is 1.45. The molecule has 284 valence electrons. The van der Waals surface area contributed by atoms with Gasteiger partial charge < -0.3 is 36.6 Å². The van der Waals surface area contributed by atoms with Crippen LogP contribution in [0.1, 0.15) is 63.6 Å². The number of fused-ring (bicyclic) bond motifs is 4. The number of rotatable bonds is 7. The van der Waals surface area contributed by atoms with E-state index in [1.807, 2.05) is 56.3 Å². The number of hydrogen-bond donors (Lipinski definition) is 5. The van der Waals surface area contributed by atoms with Crippen LogP contribution in [0.25, 0.3) is 10.8 Å². The van der Waals surface area contributed by atoms with Gasteiger partial charge in [0.25, 0.3) is 0 Å². The van der Waals surface area contributed by atoms with E-state index >= 15 is 0 Å². The number of benzene rings is 2. The van der Waals surface area contributed by atoms with E-state index in [2.05, 4.69) is 31.6 Å². The SMILES string of the molecule is CC(C)C[C@H](NC(=O)[C@H]1COCc2cn(nn2)CCCCC(=O)NCC(=O)N2CCC[C@H]2C(=O)N[C@@H](Cc2cccc3ccccc23)C(=O)N1)C(N)=O. The lowest BCUT2D eigenvalue weighted by Crippen LogP contribution is -2.59. The van der Waals surface area contributed by atoms with Gasteiger partial charge in [0.1, 0.15) is 29.9 Å². The van der Waals surface area contributed by atoms with Gasteiger partial charge in [0.05, 0.1) is 26.0 Å². The van der Waals surface area contributed by atoms with Crippen molar-refractivity contribution in [2.45, 2.75) is 96.1 Å². The molecule has 16 nitrogen and oxygen atoms in total. The number of aromatic nitrogens is 3. The molecule has 5 rings (SSSR count). The van der Waals surface area contributed by atoms with E-state index in [4.69, 9.17) is 10.5 Å². The van der Waals surface area contributed by atoms with Crippen molar-refractivity contribution in [3.8, 4) is 0 Å². The number of carbonyl (C=O) groups is 6. The summed E-state index contributed by atoms with van der Waals surface area (Å²) in [4.78, 5) is 81.4. The van der Waals surface area contributed by atoms with Gasteiger partial charge in [-0.05, 0) is 54.4 Å². The van der Waals surface area contributed by atoms with Gasteiger partial charge in [0, 0.05) is 25.9 Å². The summed E-state index contributed by atoms with van der Waals surface area (Å²) in [5.41, 5.74) is 6.87. The van der Waals surface area contributed by atoms with Gasteiger partial charge in [-0.25, -0.2) is 0 Å². The molecule has 16 heteroatoms. The molecule has 3 heterocycles. The average molecular weight is 732 g/mol. The fraction of sp³-hybridized carbons (Fsp3) is 0.514. The standard InChI is InChI=1S/C37H49N9O7/c1-23(2)17-28(34(38)49)40-36(51)30-22-53-21-26-20-45(44-43-26)15-6-5-14-32(47)39-19-33(48)46-16-8-13-31(46)37(52)41-29(35(50)42-30)18-25-11-7-10-24-9-3-4-12-27(24)25/h3-4,7,9-12,20,23,28-31H,5-6,8,13-19,21-22H2,1-2H3,(H2,38,49)(H,39,47)(H,40,51)(H,41,52)(H,42,50)/t28-,29-,30+,31-/m0/s1. The van der Waals surface area contributed by atoms with Crippen molar-refractivity contribution in [1.29, 1.82) is 0 Å². The average Bonchev–Trinajstić information content (AvgIpc) is 3.81. The normalized spacial score (nSPS) is 21.8. The maximum Gasteiger partial charge on any atom is 0.245 e. The maximum atomic E-state index is 14.2. The second kappa shape index (κ2) is 18.4. The van der Waals surface area contributed by atoms with Crippen molar-refractivity contribution in [1.82, 2.24) is 41.2 Å². The Hall–Kier alpha value is -5.38. The minimum absolute atomic E-state index is 0.0327. The molecular formula is C37H49N9O7. The van der Waals surface area contributed by atoms with Crippen LogP contribution >= 0.6 is 0 Å². The van der Waals surface area contributed by atoms with E-state index in [-0.39, 0.29) is 50.8 Å². The van der Waals surface area contributed by atoms with E-state index in [0.717, 1.165) is 16.3 Å². The van der Waals surface area contributed by atoms with Gasteiger partial charge in [0.2, 0.25) is 35.4 Å². The number of nitrogens with one attached hydrogen (secondary N) is 4. The summed E-state index contributed by atoms with van der Waals surface area (Å²) >= 11 is 0. The summed E-state index contributed by atoms with van der Waals surface area (Å²) in [5, 5.41) is 21.0. The van der Waals surface area contributed by atoms with E-state index < -0.39 is 53.7 Å². The molecule has 2 bridgehead atoms. The van der Waals surface area contributed by atoms with E-state index in [1.165, 1.54) is 4.90 Å². The highest BCUT2D eigenvalue weighted by molar-refractivity contribution is 5.96. The third-order valence-corrected chi connectivity index (χ3v) is 9.41. The zero-order chi connectivity index (χ0) is 37.9. The minimum Gasteiger partial charge on any atom is -0.372 e. The fourth-order valence-electron chi connectivity index (χ4n) is 6.67. The predicted octanol–water partition coefficient (Wildman–Crippen LogP) is 0.468. The molecule has 0 radical (unpaired) electrons. The van der Waals surface area contributed by atoms with Crippen LogP contribution in [0, 0.1) is 5.92 Å². The molecule has 3 aromatic rings. The third kappa shape index (κ3) is 10.8. The molecule has 1 aromatic heterocycles. The first-order valence-electron chi connectivity index (χ1n) is 18.2. The Morgan fingerprint density at radius 3 is 2.58 bits per heavy atom.